The minimum atomic E-state index is 0.313. The molecule has 1 heterocycles. The van der Waals surface area contributed by atoms with Gasteiger partial charge >= 0.3 is 0 Å². The second kappa shape index (κ2) is 4.98. The van der Waals surface area contributed by atoms with E-state index in [9.17, 15) is 0 Å². The third-order valence-electron chi connectivity index (χ3n) is 2.11. The third-order valence-corrected chi connectivity index (χ3v) is 2.11. The Kier molecular flexibility index (Phi) is 3.87. The molecule has 0 aromatic carbocycles. The number of nitrogens with two attached hydrogens (primary N) is 1. The Morgan fingerprint density at radius 1 is 1.67 bits per heavy atom. The van der Waals surface area contributed by atoms with Gasteiger partial charge in [-0.1, -0.05) is 5.16 Å². The number of hydrogen-bond acceptors (Lipinski definition) is 3. The first kappa shape index (κ1) is 9.32. The molecule has 0 amide bonds. The van der Waals surface area contributed by atoms with E-state index >= 15 is 0 Å². The fraction of sp³-hybridized carbons (Fsp3) is 0.875. The van der Waals surface area contributed by atoms with Crippen LogP contribution < -0.4 is 5.73 Å². The van der Waals surface area contributed by atoms with Crippen LogP contribution in [0.5, 0.6) is 0 Å². The molecule has 1 fully saturated rings. The van der Waals surface area contributed by atoms with Gasteiger partial charge in [0.25, 0.3) is 0 Å². The molecular formula is C8H16N2O2. The van der Waals surface area contributed by atoms with Gasteiger partial charge < -0.3 is 15.7 Å². The topological polar surface area (TPSA) is 67.8 Å². The zero-order valence-corrected chi connectivity index (χ0v) is 7.20. The van der Waals surface area contributed by atoms with Gasteiger partial charge in [-0.15, -0.1) is 0 Å². The van der Waals surface area contributed by atoms with Crippen molar-refractivity contribution in [3.05, 3.63) is 0 Å². The van der Waals surface area contributed by atoms with Crippen molar-refractivity contribution in [2.45, 2.75) is 38.2 Å². The highest BCUT2D eigenvalue weighted by Gasteiger charge is 2.14. The summed E-state index contributed by atoms with van der Waals surface area (Å²) in [6.45, 7) is 0.897. The van der Waals surface area contributed by atoms with Crippen LogP contribution in [0.1, 0.15) is 32.1 Å². The van der Waals surface area contributed by atoms with Gasteiger partial charge in [-0.25, -0.2) is 0 Å². The van der Waals surface area contributed by atoms with Crippen molar-refractivity contribution in [1.82, 2.24) is 0 Å². The summed E-state index contributed by atoms with van der Waals surface area (Å²) in [6, 6.07) is 0. The Morgan fingerprint density at radius 3 is 3.08 bits per heavy atom. The Bertz CT molecular complexity index is 153. The number of hydrogen-bond donors (Lipinski definition) is 2. The van der Waals surface area contributed by atoms with E-state index in [4.69, 9.17) is 15.7 Å². The van der Waals surface area contributed by atoms with Crippen LogP contribution in [0.15, 0.2) is 5.16 Å². The minimum absolute atomic E-state index is 0.313. The van der Waals surface area contributed by atoms with E-state index in [2.05, 4.69) is 5.16 Å². The summed E-state index contributed by atoms with van der Waals surface area (Å²) in [4.78, 5) is 0. The number of oxime groups is 1. The highest BCUT2D eigenvalue weighted by atomic mass is 16.5. The van der Waals surface area contributed by atoms with Crippen molar-refractivity contribution in [2.24, 2.45) is 10.9 Å². The van der Waals surface area contributed by atoms with E-state index < -0.39 is 0 Å². The number of nitrogens with zero attached hydrogens (tertiary/aromatic N) is 1. The molecule has 0 spiro atoms. The first-order valence-corrected chi connectivity index (χ1v) is 4.41. The van der Waals surface area contributed by atoms with E-state index in [1.54, 1.807) is 0 Å². The zero-order chi connectivity index (χ0) is 8.81. The summed E-state index contributed by atoms with van der Waals surface area (Å²) < 4.78 is 5.43. The third kappa shape index (κ3) is 3.09. The molecule has 0 aromatic rings. The van der Waals surface area contributed by atoms with Gasteiger partial charge in [0, 0.05) is 13.0 Å². The van der Waals surface area contributed by atoms with Gasteiger partial charge in [-0.05, 0) is 25.7 Å². The second-order valence-corrected chi connectivity index (χ2v) is 3.12. The molecule has 1 atom stereocenters. The molecule has 1 aliphatic rings. The molecule has 0 bridgehead atoms. The summed E-state index contributed by atoms with van der Waals surface area (Å²) in [5, 5.41) is 11.2. The second-order valence-electron chi connectivity index (χ2n) is 3.12. The van der Waals surface area contributed by atoms with Crippen LogP contribution in [0.25, 0.3) is 0 Å². The van der Waals surface area contributed by atoms with Gasteiger partial charge in [-0.2, -0.15) is 0 Å². The molecule has 1 rings (SSSR count). The van der Waals surface area contributed by atoms with Crippen LogP contribution in [-0.2, 0) is 4.74 Å². The molecule has 4 heteroatoms. The number of amidine groups is 1. The largest absolute Gasteiger partial charge is 0.409 e. The van der Waals surface area contributed by atoms with Gasteiger partial charge in [0.2, 0.25) is 0 Å². The van der Waals surface area contributed by atoms with Crippen LogP contribution in [0.2, 0.25) is 0 Å². The van der Waals surface area contributed by atoms with Crippen LogP contribution in [0, 0.1) is 0 Å². The van der Waals surface area contributed by atoms with Crippen molar-refractivity contribution >= 4 is 5.84 Å². The lowest BCUT2D eigenvalue weighted by molar-refractivity contribution is 0.103. The van der Waals surface area contributed by atoms with Crippen LogP contribution >= 0.6 is 0 Å². The summed E-state index contributed by atoms with van der Waals surface area (Å²) >= 11 is 0. The van der Waals surface area contributed by atoms with Crippen molar-refractivity contribution in [3.63, 3.8) is 0 Å². The molecule has 0 aliphatic carbocycles. The van der Waals surface area contributed by atoms with Gasteiger partial charge in [0.15, 0.2) is 0 Å². The summed E-state index contributed by atoms with van der Waals surface area (Å²) in [5.41, 5.74) is 5.32. The number of ether oxygens (including phenoxy) is 1. The lowest BCUT2D eigenvalue weighted by Gasteiger charge is -2.07. The van der Waals surface area contributed by atoms with E-state index in [0.717, 1.165) is 25.9 Å². The molecule has 1 saturated heterocycles. The highest BCUT2D eigenvalue weighted by molar-refractivity contribution is 5.79. The predicted molar refractivity (Wildman–Crippen MR) is 46.2 cm³/mol. The first-order valence-electron chi connectivity index (χ1n) is 4.41. The van der Waals surface area contributed by atoms with E-state index in [1.165, 1.54) is 6.42 Å². The zero-order valence-electron chi connectivity index (χ0n) is 7.20. The number of rotatable bonds is 4. The van der Waals surface area contributed by atoms with Crippen molar-refractivity contribution in [2.75, 3.05) is 6.61 Å². The Morgan fingerprint density at radius 2 is 2.50 bits per heavy atom. The van der Waals surface area contributed by atoms with E-state index in [0.29, 0.717) is 18.4 Å². The Balaban J connectivity index is 2.01. The fourth-order valence-electron chi connectivity index (χ4n) is 1.43. The molecular weight excluding hydrogens is 156 g/mol. The van der Waals surface area contributed by atoms with Gasteiger partial charge in [0.05, 0.1) is 6.10 Å². The molecule has 70 valence electrons. The lowest BCUT2D eigenvalue weighted by Crippen LogP contribution is -2.13. The quantitative estimate of drug-likeness (QED) is 0.288. The van der Waals surface area contributed by atoms with Crippen molar-refractivity contribution in [3.8, 4) is 0 Å². The predicted octanol–water partition coefficient (Wildman–Crippen LogP) is 1.08. The molecule has 1 unspecified atom stereocenters. The summed E-state index contributed by atoms with van der Waals surface area (Å²) in [6.07, 6.45) is 5.38. The normalized spacial score (nSPS) is 24.7. The summed E-state index contributed by atoms with van der Waals surface area (Å²) in [7, 11) is 0. The fourth-order valence-corrected chi connectivity index (χ4v) is 1.43. The summed E-state index contributed by atoms with van der Waals surface area (Å²) in [5.74, 6) is 0.313. The van der Waals surface area contributed by atoms with Gasteiger partial charge in [-0.3, -0.25) is 0 Å². The monoisotopic (exact) mass is 172 g/mol. The Hall–Kier alpha value is -0.770. The highest BCUT2D eigenvalue weighted by Crippen LogP contribution is 2.17. The molecule has 0 radical (unpaired) electrons. The molecule has 3 N–H and O–H groups in total. The molecule has 0 aromatic heterocycles. The molecule has 1 aliphatic heterocycles. The molecule has 12 heavy (non-hydrogen) atoms. The smallest absolute Gasteiger partial charge is 0.139 e. The first-order chi connectivity index (χ1) is 5.83. The molecule has 0 saturated carbocycles. The van der Waals surface area contributed by atoms with Crippen molar-refractivity contribution < 1.29 is 9.94 Å². The maximum absolute atomic E-state index is 8.26. The van der Waals surface area contributed by atoms with Gasteiger partial charge in [0.1, 0.15) is 5.84 Å². The minimum Gasteiger partial charge on any atom is -0.409 e. The SMILES string of the molecule is NC(CCCC1CCCO1)=NO. The standard InChI is InChI=1S/C8H16N2O2/c9-8(10-11)5-1-3-7-4-2-6-12-7/h7,11H,1-6H2,(H2,9,10). The van der Waals surface area contributed by atoms with E-state index in [1.807, 2.05) is 0 Å². The average molecular weight is 172 g/mol. The van der Waals surface area contributed by atoms with E-state index in [-0.39, 0.29) is 0 Å². The maximum atomic E-state index is 8.26. The lowest BCUT2D eigenvalue weighted by atomic mass is 10.1. The Labute approximate surface area is 72.4 Å². The molecule has 4 nitrogen and oxygen atoms in total. The average Bonchev–Trinajstić information content (AvgIpc) is 2.57. The van der Waals surface area contributed by atoms with Crippen LogP contribution in [0.3, 0.4) is 0 Å². The van der Waals surface area contributed by atoms with Crippen LogP contribution in [0.4, 0.5) is 0 Å². The van der Waals surface area contributed by atoms with Crippen molar-refractivity contribution in [1.29, 1.82) is 0 Å². The van der Waals surface area contributed by atoms with Crippen LogP contribution in [-0.4, -0.2) is 23.8 Å². The maximum Gasteiger partial charge on any atom is 0.139 e.